The number of aliphatic hydroxyl groups is 1. The Balaban J connectivity index is 1.78. The second-order valence-corrected chi connectivity index (χ2v) is 6.23. The summed E-state index contributed by atoms with van der Waals surface area (Å²) >= 11 is 0. The number of nitrogens with one attached hydrogen (secondary N) is 1. The van der Waals surface area contributed by atoms with Gasteiger partial charge in [-0.25, -0.2) is 0 Å². The maximum atomic E-state index is 11.8. The van der Waals surface area contributed by atoms with Crippen LogP contribution in [0.2, 0.25) is 0 Å². The normalized spacial score (nSPS) is 22.1. The van der Waals surface area contributed by atoms with E-state index in [1.807, 2.05) is 18.2 Å². The lowest BCUT2D eigenvalue weighted by Gasteiger charge is -2.09. The van der Waals surface area contributed by atoms with E-state index in [1.54, 1.807) is 6.08 Å². The average molecular weight is 287 g/mol. The average Bonchev–Trinajstić information content (AvgIpc) is 2.89. The molecule has 1 amide bonds. The fraction of sp³-hybridized carbons (Fsp3) is 0.500. The van der Waals surface area contributed by atoms with Crippen LogP contribution in [0.5, 0.6) is 0 Å². The zero-order valence-corrected chi connectivity index (χ0v) is 12.9. The van der Waals surface area contributed by atoms with Crippen LogP contribution in [0.1, 0.15) is 50.2 Å². The van der Waals surface area contributed by atoms with Crippen LogP contribution in [0, 0.1) is 5.92 Å². The summed E-state index contributed by atoms with van der Waals surface area (Å²) < 4.78 is 0. The second kappa shape index (κ2) is 7.41. The molecule has 0 aromatic heterocycles. The SMILES string of the molecule is CC(C)c1ccc(/C=C/C(=O)NCC2CCC(O)C2)cc1. The molecule has 1 fully saturated rings. The first kappa shape index (κ1) is 15.8. The van der Waals surface area contributed by atoms with Gasteiger partial charge in [-0.1, -0.05) is 38.1 Å². The molecule has 2 unspecified atom stereocenters. The second-order valence-electron chi connectivity index (χ2n) is 6.23. The quantitative estimate of drug-likeness (QED) is 0.818. The zero-order valence-electron chi connectivity index (χ0n) is 12.9. The molecular weight excluding hydrogens is 262 g/mol. The Bertz CT molecular complexity index is 490. The lowest BCUT2D eigenvalue weighted by atomic mass is 10.0. The molecule has 1 saturated carbocycles. The van der Waals surface area contributed by atoms with E-state index in [1.165, 1.54) is 5.56 Å². The van der Waals surface area contributed by atoms with Gasteiger partial charge in [-0.05, 0) is 48.3 Å². The molecule has 3 nitrogen and oxygen atoms in total. The van der Waals surface area contributed by atoms with Gasteiger partial charge in [-0.15, -0.1) is 0 Å². The van der Waals surface area contributed by atoms with Crippen LogP contribution in [0.3, 0.4) is 0 Å². The number of carbonyl (C=O) groups excluding carboxylic acids is 1. The monoisotopic (exact) mass is 287 g/mol. The van der Waals surface area contributed by atoms with E-state index in [0.717, 1.165) is 24.8 Å². The van der Waals surface area contributed by atoms with E-state index < -0.39 is 0 Å². The van der Waals surface area contributed by atoms with Crippen LogP contribution in [0.4, 0.5) is 0 Å². The molecule has 1 aromatic rings. The first-order valence-electron chi connectivity index (χ1n) is 7.78. The van der Waals surface area contributed by atoms with Gasteiger partial charge in [-0.2, -0.15) is 0 Å². The Morgan fingerprint density at radius 3 is 2.62 bits per heavy atom. The lowest BCUT2D eigenvalue weighted by Crippen LogP contribution is -2.26. The summed E-state index contributed by atoms with van der Waals surface area (Å²) in [4.78, 5) is 11.8. The fourth-order valence-electron chi connectivity index (χ4n) is 2.70. The summed E-state index contributed by atoms with van der Waals surface area (Å²) in [6, 6.07) is 8.27. The number of aliphatic hydroxyl groups excluding tert-OH is 1. The summed E-state index contributed by atoms with van der Waals surface area (Å²) in [6.07, 6.45) is 5.90. The number of benzene rings is 1. The maximum Gasteiger partial charge on any atom is 0.244 e. The van der Waals surface area contributed by atoms with E-state index in [0.29, 0.717) is 18.4 Å². The standard InChI is InChI=1S/C18H25NO2/c1-13(2)16-7-3-14(4-8-16)6-10-18(21)19-12-15-5-9-17(20)11-15/h3-4,6-8,10,13,15,17,20H,5,9,11-12H2,1-2H3,(H,19,21)/b10-6+. The Hall–Kier alpha value is -1.61. The van der Waals surface area contributed by atoms with Crippen LogP contribution in [-0.2, 0) is 4.79 Å². The van der Waals surface area contributed by atoms with Gasteiger partial charge in [-0.3, -0.25) is 4.79 Å². The topological polar surface area (TPSA) is 49.3 Å². The van der Waals surface area contributed by atoms with Crippen molar-refractivity contribution in [3.63, 3.8) is 0 Å². The molecule has 3 heteroatoms. The predicted molar refractivity (Wildman–Crippen MR) is 85.9 cm³/mol. The molecule has 1 aromatic carbocycles. The summed E-state index contributed by atoms with van der Waals surface area (Å²) in [6.45, 7) is 4.99. The zero-order chi connectivity index (χ0) is 15.2. The van der Waals surface area contributed by atoms with Crippen molar-refractivity contribution in [2.75, 3.05) is 6.54 Å². The van der Waals surface area contributed by atoms with Gasteiger partial charge < -0.3 is 10.4 Å². The third kappa shape index (κ3) is 5.01. The minimum Gasteiger partial charge on any atom is -0.393 e. The van der Waals surface area contributed by atoms with Gasteiger partial charge >= 0.3 is 0 Å². The third-order valence-electron chi connectivity index (χ3n) is 4.11. The minimum absolute atomic E-state index is 0.0654. The van der Waals surface area contributed by atoms with Crippen LogP contribution < -0.4 is 5.32 Å². The fourth-order valence-corrected chi connectivity index (χ4v) is 2.70. The summed E-state index contributed by atoms with van der Waals surface area (Å²) in [5.41, 5.74) is 2.34. The molecule has 0 spiro atoms. The molecule has 0 radical (unpaired) electrons. The first-order valence-corrected chi connectivity index (χ1v) is 7.78. The highest BCUT2D eigenvalue weighted by atomic mass is 16.3. The van der Waals surface area contributed by atoms with Crippen molar-refractivity contribution >= 4 is 12.0 Å². The summed E-state index contributed by atoms with van der Waals surface area (Å²) in [7, 11) is 0. The van der Waals surface area contributed by atoms with Crippen molar-refractivity contribution in [1.82, 2.24) is 5.32 Å². The Morgan fingerprint density at radius 1 is 1.33 bits per heavy atom. The van der Waals surface area contributed by atoms with Crippen molar-refractivity contribution in [2.24, 2.45) is 5.92 Å². The van der Waals surface area contributed by atoms with Gasteiger partial charge in [0, 0.05) is 12.6 Å². The van der Waals surface area contributed by atoms with Crippen molar-refractivity contribution in [2.45, 2.75) is 45.1 Å². The van der Waals surface area contributed by atoms with Crippen molar-refractivity contribution in [3.8, 4) is 0 Å². The molecule has 0 aliphatic heterocycles. The third-order valence-corrected chi connectivity index (χ3v) is 4.11. The highest BCUT2D eigenvalue weighted by molar-refractivity contribution is 5.91. The van der Waals surface area contributed by atoms with Crippen molar-refractivity contribution in [3.05, 3.63) is 41.5 Å². The highest BCUT2D eigenvalue weighted by Gasteiger charge is 2.22. The molecule has 21 heavy (non-hydrogen) atoms. The number of rotatable bonds is 5. The van der Waals surface area contributed by atoms with Gasteiger partial charge in [0.15, 0.2) is 0 Å². The van der Waals surface area contributed by atoms with E-state index in [4.69, 9.17) is 0 Å². The Morgan fingerprint density at radius 2 is 2.05 bits per heavy atom. The van der Waals surface area contributed by atoms with E-state index in [9.17, 15) is 9.90 Å². The summed E-state index contributed by atoms with van der Waals surface area (Å²) in [5, 5.41) is 12.4. The summed E-state index contributed by atoms with van der Waals surface area (Å²) in [5.74, 6) is 0.875. The number of hydrogen-bond donors (Lipinski definition) is 2. The first-order chi connectivity index (χ1) is 10.0. The van der Waals surface area contributed by atoms with Gasteiger partial charge in [0.25, 0.3) is 0 Å². The van der Waals surface area contributed by atoms with Crippen molar-refractivity contribution in [1.29, 1.82) is 0 Å². The van der Waals surface area contributed by atoms with Gasteiger partial charge in [0.2, 0.25) is 5.91 Å². The van der Waals surface area contributed by atoms with E-state index >= 15 is 0 Å². The highest BCUT2D eigenvalue weighted by Crippen LogP contribution is 2.24. The molecule has 1 aliphatic carbocycles. The molecule has 2 rings (SSSR count). The number of carbonyl (C=O) groups is 1. The molecular formula is C18H25NO2. The molecule has 114 valence electrons. The number of amides is 1. The van der Waals surface area contributed by atoms with Gasteiger partial charge in [0.1, 0.15) is 0 Å². The minimum atomic E-state index is -0.179. The molecule has 0 saturated heterocycles. The van der Waals surface area contributed by atoms with Crippen molar-refractivity contribution < 1.29 is 9.90 Å². The lowest BCUT2D eigenvalue weighted by molar-refractivity contribution is -0.116. The Kier molecular flexibility index (Phi) is 5.57. The molecule has 2 atom stereocenters. The van der Waals surface area contributed by atoms with Crippen LogP contribution in [0.15, 0.2) is 30.3 Å². The largest absolute Gasteiger partial charge is 0.393 e. The maximum absolute atomic E-state index is 11.8. The van der Waals surface area contributed by atoms with E-state index in [-0.39, 0.29) is 12.0 Å². The Labute approximate surface area is 127 Å². The molecule has 0 bridgehead atoms. The van der Waals surface area contributed by atoms with Crippen LogP contribution >= 0.6 is 0 Å². The smallest absolute Gasteiger partial charge is 0.244 e. The predicted octanol–water partition coefficient (Wildman–Crippen LogP) is 3.10. The van der Waals surface area contributed by atoms with E-state index in [2.05, 4.69) is 31.3 Å². The molecule has 0 heterocycles. The van der Waals surface area contributed by atoms with Crippen LogP contribution in [-0.4, -0.2) is 23.7 Å². The molecule has 1 aliphatic rings. The number of hydrogen-bond acceptors (Lipinski definition) is 2. The molecule has 2 N–H and O–H groups in total. The van der Waals surface area contributed by atoms with Crippen LogP contribution in [0.25, 0.3) is 6.08 Å². The van der Waals surface area contributed by atoms with Gasteiger partial charge in [0.05, 0.1) is 6.10 Å².